The molecule has 0 unspecified atom stereocenters. The number of benzene rings is 3. The molecule has 2 amide bonds. The smallest absolute Gasteiger partial charge is 0.325 e. The number of alkyl halides is 9. The van der Waals surface area contributed by atoms with Gasteiger partial charge in [-0.05, 0) is 11.6 Å². The molecule has 1 N–H and O–H groups in total. The minimum atomic E-state index is -6.29. The van der Waals surface area contributed by atoms with Crippen LogP contribution in [0.2, 0.25) is 0 Å². The van der Waals surface area contributed by atoms with Gasteiger partial charge in [-0.3, -0.25) is 14.5 Å². The SMILES string of the molecule is O=C1[C@H](NC(=O)C(c2ccccc2)(C(F)(F)F)C(F)(F)F)N=C(c2ccccc2)c2ccccc2N1CC(F)(F)F. The van der Waals surface area contributed by atoms with Crippen molar-refractivity contribution >= 4 is 23.2 Å². The van der Waals surface area contributed by atoms with Crippen LogP contribution in [0.5, 0.6) is 0 Å². The van der Waals surface area contributed by atoms with E-state index in [9.17, 15) is 49.1 Å². The van der Waals surface area contributed by atoms with Gasteiger partial charge in [-0.2, -0.15) is 39.5 Å². The summed E-state index contributed by atoms with van der Waals surface area (Å²) in [7, 11) is 0. The number of aliphatic imine (C=N–C) groups is 1. The first-order chi connectivity index (χ1) is 19.1. The predicted molar refractivity (Wildman–Crippen MR) is 129 cm³/mol. The van der Waals surface area contributed by atoms with Crippen LogP contribution in [0.1, 0.15) is 16.7 Å². The van der Waals surface area contributed by atoms with Gasteiger partial charge in [0, 0.05) is 11.1 Å². The zero-order valence-corrected chi connectivity index (χ0v) is 20.5. The summed E-state index contributed by atoms with van der Waals surface area (Å²) in [5.74, 6) is -4.43. The molecule has 0 saturated carbocycles. The molecule has 4 rings (SSSR count). The molecule has 0 aromatic heterocycles. The normalized spacial score (nSPS) is 16.5. The van der Waals surface area contributed by atoms with Crippen molar-refractivity contribution in [1.29, 1.82) is 0 Å². The van der Waals surface area contributed by atoms with E-state index in [1.54, 1.807) is 6.07 Å². The number of para-hydroxylation sites is 1. The maximum Gasteiger partial charge on any atom is 0.416 e. The van der Waals surface area contributed by atoms with Crippen LogP contribution in [0, 0.1) is 0 Å². The molecule has 5 nitrogen and oxygen atoms in total. The number of nitrogens with one attached hydrogen (secondary N) is 1. The zero-order valence-electron chi connectivity index (χ0n) is 20.5. The number of fused-ring (bicyclic) bond motifs is 1. The Kier molecular flexibility index (Phi) is 7.63. The first kappa shape index (κ1) is 29.6. The van der Waals surface area contributed by atoms with Crippen molar-refractivity contribution in [2.45, 2.75) is 30.1 Å². The maximum atomic E-state index is 14.3. The Balaban J connectivity index is 1.93. The van der Waals surface area contributed by atoms with Crippen LogP contribution >= 0.6 is 0 Å². The Morgan fingerprint density at radius 3 is 1.80 bits per heavy atom. The summed E-state index contributed by atoms with van der Waals surface area (Å²) in [5, 5.41) is 1.39. The second-order valence-electron chi connectivity index (χ2n) is 8.89. The highest BCUT2D eigenvalue weighted by molar-refractivity contribution is 6.20. The van der Waals surface area contributed by atoms with Gasteiger partial charge >= 0.3 is 18.5 Å². The summed E-state index contributed by atoms with van der Waals surface area (Å²) in [4.78, 5) is 30.6. The first-order valence-electron chi connectivity index (χ1n) is 11.7. The monoisotopic (exact) mass is 587 g/mol. The van der Waals surface area contributed by atoms with E-state index in [4.69, 9.17) is 0 Å². The molecule has 0 fully saturated rings. The number of amides is 2. The van der Waals surface area contributed by atoms with Gasteiger partial charge < -0.3 is 5.32 Å². The summed E-state index contributed by atoms with van der Waals surface area (Å²) < 4.78 is 127. The number of carbonyl (C=O) groups excluding carboxylic acids is 2. The molecule has 0 spiro atoms. The highest BCUT2D eigenvalue weighted by atomic mass is 19.4. The molecule has 0 saturated heterocycles. The van der Waals surface area contributed by atoms with E-state index in [-0.39, 0.29) is 27.4 Å². The standard InChI is InChI=1S/C27H18F9N3O2/c28-24(29,30)15-39-19-14-8-7-13-18(19)20(16-9-3-1-4-10-16)37-21(22(39)40)38-23(41)25(26(31,32)33,27(34,35)36)17-11-5-2-6-12-17/h1-14,21H,15H2,(H,38,41)/t21-/m0/s1. The molecular weight excluding hydrogens is 569 g/mol. The minimum absolute atomic E-state index is 0.0750. The average Bonchev–Trinajstić information content (AvgIpc) is 2.98. The Morgan fingerprint density at radius 1 is 0.756 bits per heavy atom. The van der Waals surface area contributed by atoms with Gasteiger partial charge in [0.25, 0.3) is 17.2 Å². The lowest BCUT2D eigenvalue weighted by atomic mass is 9.77. The molecule has 216 valence electrons. The molecule has 0 aliphatic carbocycles. The van der Waals surface area contributed by atoms with Gasteiger partial charge in [0.1, 0.15) is 6.54 Å². The molecule has 1 aliphatic heterocycles. The number of anilines is 1. The van der Waals surface area contributed by atoms with Crippen LogP contribution in [-0.4, -0.2) is 48.8 Å². The van der Waals surface area contributed by atoms with Gasteiger partial charge in [0.15, 0.2) is 0 Å². The molecule has 41 heavy (non-hydrogen) atoms. The van der Waals surface area contributed by atoms with E-state index in [0.717, 1.165) is 24.3 Å². The average molecular weight is 587 g/mol. The van der Waals surface area contributed by atoms with Crippen LogP contribution in [0.15, 0.2) is 89.9 Å². The fourth-order valence-electron chi connectivity index (χ4n) is 4.49. The largest absolute Gasteiger partial charge is 0.416 e. The van der Waals surface area contributed by atoms with Gasteiger partial charge in [0.2, 0.25) is 6.17 Å². The molecule has 1 atom stereocenters. The van der Waals surface area contributed by atoms with Gasteiger partial charge in [-0.15, -0.1) is 0 Å². The summed E-state index contributed by atoms with van der Waals surface area (Å²) in [6, 6.07) is 16.1. The fraction of sp³-hybridized carbons (Fsp3) is 0.222. The topological polar surface area (TPSA) is 61.8 Å². The second-order valence-corrected chi connectivity index (χ2v) is 8.89. The number of hydrogen-bond donors (Lipinski definition) is 1. The highest BCUT2D eigenvalue weighted by Crippen LogP contribution is 2.52. The minimum Gasteiger partial charge on any atom is -0.325 e. The predicted octanol–water partition coefficient (Wildman–Crippen LogP) is 5.94. The van der Waals surface area contributed by atoms with Gasteiger partial charge in [-0.25, -0.2) is 4.99 Å². The van der Waals surface area contributed by atoms with Crippen molar-refractivity contribution in [3.63, 3.8) is 0 Å². The summed E-state index contributed by atoms with van der Waals surface area (Å²) >= 11 is 0. The molecule has 0 bridgehead atoms. The van der Waals surface area contributed by atoms with E-state index in [1.165, 1.54) is 47.8 Å². The van der Waals surface area contributed by atoms with Crippen molar-refractivity contribution < 1.29 is 49.1 Å². The quantitative estimate of drug-likeness (QED) is 0.376. The van der Waals surface area contributed by atoms with Crippen LogP contribution in [0.4, 0.5) is 45.2 Å². The number of nitrogens with zero attached hydrogens (tertiary/aromatic N) is 2. The second kappa shape index (κ2) is 10.6. The number of carbonyl (C=O) groups is 2. The van der Waals surface area contributed by atoms with Crippen LogP contribution in [0.3, 0.4) is 0 Å². The Hall–Kier alpha value is -4.36. The van der Waals surface area contributed by atoms with Crippen molar-refractivity contribution in [2.75, 3.05) is 11.4 Å². The molecule has 1 heterocycles. The number of hydrogen-bond acceptors (Lipinski definition) is 3. The third-order valence-corrected chi connectivity index (χ3v) is 6.26. The van der Waals surface area contributed by atoms with E-state index >= 15 is 0 Å². The van der Waals surface area contributed by atoms with E-state index < -0.39 is 54.0 Å². The van der Waals surface area contributed by atoms with E-state index in [0.29, 0.717) is 12.1 Å². The highest BCUT2D eigenvalue weighted by Gasteiger charge is 2.76. The number of benzodiazepines with no additional fused rings is 1. The van der Waals surface area contributed by atoms with Gasteiger partial charge in [-0.1, -0.05) is 78.9 Å². The lowest BCUT2D eigenvalue weighted by Crippen LogP contribution is -2.65. The third-order valence-electron chi connectivity index (χ3n) is 6.26. The van der Waals surface area contributed by atoms with Crippen molar-refractivity contribution in [3.05, 3.63) is 102 Å². The van der Waals surface area contributed by atoms with Gasteiger partial charge in [0.05, 0.1) is 11.4 Å². The lowest BCUT2D eigenvalue weighted by molar-refractivity contribution is -0.292. The van der Waals surface area contributed by atoms with Crippen molar-refractivity contribution in [1.82, 2.24) is 5.32 Å². The zero-order chi connectivity index (χ0) is 30.2. The molecule has 1 aliphatic rings. The summed E-state index contributed by atoms with van der Waals surface area (Å²) in [6.07, 6.45) is -20.2. The van der Waals surface area contributed by atoms with Crippen molar-refractivity contribution in [3.8, 4) is 0 Å². The lowest BCUT2D eigenvalue weighted by Gasteiger charge is -2.37. The Morgan fingerprint density at radius 2 is 1.27 bits per heavy atom. The molecule has 0 radical (unpaired) electrons. The summed E-state index contributed by atoms with van der Waals surface area (Å²) in [5.41, 5.74) is -7.21. The first-order valence-corrected chi connectivity index (χ1v) is 11.7. The van der Waals surface area contributed by atoms with E-state index in [2.05, 4.69) is 4.99 Å². The number of halogens is 9. The van der Waals surface area contributed by atoms with Crippen LogP contribution in [0.25, 0.3) is 0 Å². The molecular formula is C27H18F9N3O2. The molecule has 3 aromatic carbocycles. The summed E-state index contributed by atoms with van der Waals surface area (Å²) in [6.45, 7) is -1.96. The van der Waals surface area contributed by atoms with E-state index in [1.807, 2.05) is 0 Å². The fourth-order valence-corrected chi connectivity index (χ4v) is 4.49. The molecule has 14 heteroatoms. The van der Waals surface area contributed by atoms with Crippen molar-refractivity contribution in [2.24, 2.45) is 4.99 Å². The molecule has 3 aromatic rings. The number of rotatable bonds is 5. The Labute approximate surface area is 226 Å². The Bertz CT molecular complexity index is 1440. The van der Waals surface area contributed by atoms with Crippen LogP contribution < -0.4 is 10.2 Å². The van der Waals surface area contributed by atoms with Crippen LogP contribution in [-0.2, 0) is 15.0 Å². The maximum absolute atomic E-state index is 14.3. The third kappa shape index (κ3) is 5.50.